The van der Waals surface area contributed by atoms with Crippen LogP contribution in [0, 0.1) is 0 Å². The molecule has 1 fully saturated rings. The van der Waals surface area contributed by atoms with Crippen molar-refractivity contribution in [3.05, 3.63) is 0 Å². The molecule has 0 aliphatic heterocycles. The molecule has 3 amide bonds. The summed E-state index contributed by atoms with van der Waals surface area (Å²) in [6.45, 7) is 1.53. The van der Waals surface area contributed by atoms with Crippen molar-refractivity contribution in [1.82, 2.24) is 10.6 Å². The molecule has 0 aromatic heterocycles. The summed E-state index contributed by atoms with van der Waals surface area (Å²) < 4.78 is 0. The zero-order chi connectivity index (χ0) is 11.3. The first-order valence-electron chi connectivity index (χ1n) is 5.35. The molecule has 0 heterocycles. The fraction of sp³-hybridized carbons (Fsp3) is 0.800. The van der Waals surface area contributed by atoms with Gasteiger partial charge < -0.3 is 5.32 Å². The highest BCUT2D eigenvalue weighted by atomic mass is 35.5. The van der Waals surface area contributed by atoms with Crippen LogP contribution < -0.4 is 10.6 Å². The minimum atomic E-state index is -0.679. The molecule has 0 saturated heterocycles. The highest BCUT2D eigenvalue weighted by Gasteiger charge is 2.18. The molecule has 0 unspecified atom stereocenters. The van der Waals surface area contributed by atoms with E-state index >= 15 is 0 Å². The van der Waals surface area contributed by atoms with Gasteiger partial charge in [0.25, 0.3) is 0 Å². The van der Waals surface area contributed by atoms with Crippen LogP contribution in [-0.2, 0) is 4.79 Å². The molecule has 0 spiro atoms. The summed E-state index contributed by atoms with van der Waals surface area (Å²) in [5, 5.41) is 4.30. The van der Waals surface area contributed by atoms with Crippen LogP contribution in [0.4, 0.5) is 4.79 Å². The number of carbonyl (C=O) groups excluding carboxylic acids is 2. The van der Waals surface area contributed by atoms with Crippen molar-refractivity contribution in [2.75, 3.05) is 0 Å². The maximum absolute atomic E-state index is 11.3. The first kappa shape index (κ1) is 12.3. The molecule has 4 nitrogen and oxygen atoms in total. The minimum absolute atomic E-state index is 0.206. The molecule has 1 atom stereocenters. The molecule has 1 rings (SSSR count). The first-order chi connectivity index (χ1) is 7.09. The van der Waals surface area contributed by atoms with Crippen molar-refractivity contribution < 1.29 is 9.59 Å². The highest BCUT2D eigenvalue weighted by molar-refractivity contribution is 6.31. The summed E-state index contributed by atoms with van der Waals surface area (Å²) in [6.07, 6.45) is 5.52. The maximum Gasteiger partial charge on any atom is 0.321 e. The van der Waals surface area contributed by atoms with Gasteiger partial charge in [0.2, 0.25) is 5.91 Å². The Balaban J connectivity index is 2.25. The fourth-order valence-corrected chi connectivity index (χ4v) is 1.73. The molecule has 0 aromatic rings. The van der Waals surface area contributed by atoms with Gasteiger partial charge in [0, 0.05) is 6.04 Å². The van der Waals surface area contributed by atoms with E-state index in [2.05, 4.69) is 10.6 Å². The number of imide groups is 1. The third kappa shape index (κ3) is 4.51. The van der Waals surface area contributed by atoms with E-state index in [1.807, 2.05) is 0 Å². The topological polar surface area (TPSA) is 58.2 Å². The molecular formula is C10H17ClN2O2. The number of nitrogens with one attached hydrogen (secondary N) is 2. The van der Waals surface area contributed by atoms with Crippen LogP contribution in [-0.4, -0.2) is 23.4 Å². The van der Waals surface area contributed by atoms with E-state index in [-0.39, 0.29) is 6.04 Å². The molecule has 86 valence electrons. The molecule has 0 aromatic carbocycles. The van der Waals surface area contributed by atoms with E-state index in [0.717, 1.165) is 25.7 Å². The largest absolute Gasteiger partial charge is 0.335 e. The van der Waals surface area contributed by atoms with Gasteiger partial charge >= 0.3 is 6.03 Å². The van der Waals surface area contributed by atoms with Gasteiger partial charge in [-0.2, -0.15) is 0 Å². The monoisotopic (exact) mass is 232 g/mol. The minimum Gasteiger partial charge on any atom is -0.335 e. The van der Waals surface area contributed by atoms with Crippen LogP contribution in [0.2, 0.25) is 0 Å². The molecule has 1 saturated carbocycles. The van der Waals surface area contributed by atoms with Crippen molar-refractivity contribution in [2.24, 2.45) is 0 Å². The SMILES string of the molecule is C[C@@H](Cl)C(=O)NC(=O)NC1CCCCC1. The van der Waals surface area contributed by atoms with Gasteiger partial charge in [0.1, 0.15) is 5.38 Å². The van der Waals surface area contributed by atoms with Crippen LogP contribution in [0.5, 0.6) is 0 Å². The predicted molar refractivity (Wildman–Crippen MR) is 58.9 cm³/mol. The molecule has 1 aliphatic rings. The Morgan fingerprint density at radius 3 is 2.40 bits per heavy atom. The van der Waals surface area contributed by atoms with Crippen LogP contribution in [0.15, 0.2) is 0 Å². The van der Waals surface area contributed by atoms with E-state index in [1.165, 1.54) is 13.3 Å². The summed E-state index contributed by atoms with van der Waals surface area (Å²) >= 11 is 5.52. The fourth-order valence-electron chi connectivity index (χ4n) is 1.68. The summed E-state index contributed by atoms with van der Waals surface area (Å²) in [7, 11) is 0. The van der Waals surface area contributed by atoms with Gasteiger partial charge in [-0.25, -0.2) is 4.79 Å². The zero-order valence-electron chi connectivity index (χ0n) is 8.88. The van der Waals surface area contributed by atoms with Crippen LogP contribution in [0.1, 0.15) is 39.0 Å². The standard InChI is InChI=1S/C10H17ClN2O2/c1-7(11)9(14)13-10(15)12-8-5-3-2-4-6-8/h7-8H,2-6H2,1H3,(H2,12,13,14,15)/t7-/m1/s1. The van der Waals surface area contributed by atoms with Gasteiger partial charge in [-0.15, -0.1) is 11.6 Å². The normalized spacial score (nSPS) is 19.3. The maximum atomic E-state index is 11.3. The van der Waals surface area contributed by atoms with Crippen LogP contribution in [0.3, 0.4) is 0 Å². The molecule has 15 heavy (non-hydrogen) atoms. The Morgan fingerprint density at radius 1 is 1.27 bits per heavy atom. The van der Waals surface area contributed by atoms with Gasteiger partial charge in [0.05, 0.1) is 0 Å². The molecule has 0 bridgehead atoms. The first-order valence-corrected chi connectivity index (χ1v) is 5.78. The van der Waals surface area contributed by atoms with Crippen molar-refractivity contribution in [1.29, 1.82) is 0 Å². The lowest BCUT2D eigenvalue weighted by Crippen LogP contribution is -2.46. The predicted octanol–water partition coefficient (Wildman–Crippen LogP) is 1.77. The summed E-state index contributed by atoms with van der Waals surface area (Å²) in [6, 6.07) is -0.225. The van der Waals surface area contributed by atoms with Crippen molar-refractivity contribution in [3.8, 4) is 0 Å². The van der Waals surface area contributed by atoms with Gasteiger partial charge in [0.15, 0.2) is 0 Å². The number of alkyl halides is 1. The molecular weight excluding hydrogens is 216 g/mol. The number of urea groups is 1. The summed E-state index contributed by atoms with van der Waals surface area (Å²) in [5.41, 5.74) is 0. The van der Waals surface area contributed by atoms with E-state index in [4.69, 9.17) is 11.6 Å². The van der Waals surface area contributed by atoms with Gasteiger partial charge in [-0.3, -0.25) is 10.1 Å². The number of carbonyl (C=O) groups is 2. The Bertz CT molecular complexity index is 238. The number of amides is 3. The third-order valence-electron chi connectivity index (χ3n) is 2.54. The Labute approximate surface area is 94.7 Å². The number of halogens is 1. The lowest BCUT2D eigenvalue weighted by atomic mass is 9.96. The van der Waals surface area contributed by atoms with E-state index in [0.29, 0.717) is 0 Å². The number of rotatable bonds is 2. The average Bonchev–Trinajstić information content (AvgIpc) is 2.18. The van der Waals surface area contributed by atoms with Gasteiger partial charge in [-0.05, 0) is 19.8 Å². The average molecular weight is 233 g/mol. The molecule has 1 aliphatic carbocycles. The second-order valence-corrected chi connectivity index (χ2v) is 4.57. The Morgan fingerprint density at radius 2 is 1.87 bits per heavy atom. The summed E-state index contributed by atoms with van der Waals surface area (Å²) in [5.74, 6) is -0.454. The number of hydrogen-bond donors (Lipinski definition) is 2. The van der Waals surface area contributed by atoms with Crippen molar-refractivity contribution in [3.63, 3.8) is 0 Å². The summed E-state index contributed by atoms with van der Waals surface area (Å²) in [4.78, 5) is 22.4. The second-order valence-electron chi connectivity index (χ2n) is 3.91. The quantitative estimate of drug-likeness (QED) is 0.713. The van der Waals surface area contributed by atoms with Crippen molar-refractivity contribution in [2.45, 2.75) is 50.4 Å². The Hall–Kier alpha value is -0.770. The van der Waals surface area contributed by atoms with E-state index < -0.39 is 17.3 Å². The molecule has 0 radical (unpaired) electrons. The second kappa shape index (κ2) is 5.95. The Kier molecular flexibility index (Phi) is 4.88. The van der Waals surface area contributed by atoms with E-state index in [9.17, 15) is 9.59 Å². The molecule has 2 N–H and O–H groups in total. The van der Waals surface area contributed by atoms with Crippen molar-refractivity contribution >= 4 is 23.5 Å². The lowest BCUT2D eigenvalue weighted by Gasteiger charge is -2.22. The zero-order valence-corrected chi connectivity index (χ0v) is 9.64. The van der Waals surface area contributed by atoms with Crippen LogP contribution in [0.25, 0.3) is 0 Å². The van der Waals surface area contributed by atoms with Gasteiger partial charge in [-0.1, -0.05) is 19.3 Å². The third-order valence-corrected chi connectivity index (χ3v) is 2.74. The lowest BCUT2D eigenvalue weighted by molar-refractivity contribution is -0.119. The smallest absolute Gasteiger partial charge is 0.321 e. The van der Waals surface area contributed by atoms with E-state index in [1.54, 1.807) is 0 Å². The molecule has 5 heteroatoms. The number of hydrogen-bond acceptors (Lipinski definition) is 2. The highest BCUT2D eigenvalue weighted by Crippen LogP contribution is 2.17. The van der Waals surface area contributed by atoms with Crippen LogP contribution >= 0.6 is 11.6 Å².